The molecule has 228 valence electrons. The molecular weight excluding hydrogens is 488 g/mol. The van der Waals surface area contributed by atoms with Gasteiger partial charge in [0.05, 0.1) is 18.3 Å². The van der Waals surface area contributed by atoms with Crippen LogP contribution in [0.4, 0.5) is 0 Å². The molecular formula is C38H64O2. The molecule has 1 N–H and O–H groups in total. The van der Waals surface area contributed by atoms with Crippen molar-refractivity contribution in [3.05, 3.63) is 36.0 Å². The minimum Gasteiger partial charge on any atom is -0.393 e. The van der Waals surface area contributed by atoms with Gasteiger partial charge in [-0.25, -0.2) is 0 Å². The minimum atomic E-state index is -0.0720. The van der Waals surface area contributed by atoms with Gasteiger partial charge in [-0.3, -0.25) is 0 Å². The van der Waals surface area contributed by atoms with Gasteiger partial charge in [0.15, 0.2) is 0 Å². The number of fused-ring (bicyclic) bond motifs is 5. The third-order valence-corrected chi connectivity index (χ3v) is 11.9. The Morgan fingerprint density at radius 3 is 2.33 bits per heavy atom. The maximum Gasteiger partial charge on any atom is 0.0945 e. The van der Waals surface area contributed by atoms with Gasteiger partial charge >= 0.3 is 0 Å². The molecule has 8 unspecified atom stereocenters. The summed E-state index contributed by atoms with van der Waals surface area (Å²) in [6.07, 6.45) is 35.1. The second kappa shape index (κ2) is 15.0. The molecule has 0 heterocycles. The van der Waals surface area contributed by atoms with Crippen LogP contribution in [0.5, 0.6) is 0 Å². The number of rotatable bonds is 15. The highest BCUT2D eigenvalue weighted by molar-refractivity contribution is 5.26. The third kappa shape index (κ3) is 7.75. The SMILES string of the molecule is CCCCC/C=C\C(/C=C\CCCCCCC(C)C)OC1C=C2CCC3C(CCC4(C)C(O)CCC34)C2(C)CC1. The topological polar surface area (TPSA) is 29.5 Å². The fourth-order valence-electron chi connectivity index (χ4n) is 9.27. The van der Waals surface area contributed by atoms with E-state index >= 15 is 0 Å². The van der Waals surface area contributed by atoms with Gasteiger partial charge < -0.3 is 9.84 Å². The molecule has 4 rings (SSSR count). The summed E-state index contributed by atoms with van der Waals surface area (Å²) in [5.41, 5.74) is 2.22. The highest BCUT2D eigenvalue weighted by Gasteiger charge is 2.58. The fourth-order valence-corrected chi connectivity index (χ4v) is 9.27. The number of ether oxygens (including phenoxy) is 1. The lowest BCUT2D eigenvalue weighted by Crippen LogP contribution is -2.51. The molecule has 4 aliphatic rings. The van der Waals surface area contributed by atoms with Crippen molar-refractivity contribution in [1.82, 2.24) is 0 Å². The van der Waals surface area contributed by atoms with Crippen LogP contribution in [0.25, 0.3) is 0 Å². The molecule has 0 radical (unpaired) electrons. The zero-order valence-electron chi connectivity index (χ0n) is 27.0. The van der Waals surface area contributed by atoms with Crippen molar-refractivity contribution < 1.29 is 9.84 Å². The molecule has 0 spiro atoms. The summed E-state index contributed by atoms with van der Waals surface area (Å²) in [6.45, 7) is 11.9. The second-order valence-corrected chi connectivity index (χ2v) is 15.1. The van der Waals surface area contributed by atoms with E-state index in [-0.39, 0.29) is 23.7 Å². The van der Waals surface area contributed by atoms with E-state index in [0.717, 1.165) is 36.5 Å². The molecule has 8 atom stereocenters. The highest BCUT2D eigenvalue weighted by atomic mass is 16.5. The van der Waals surface area contributed by atoms with Crippen molar-refractivity contribution in [3.63, 3.8) is 0 Å². The largest absolute Gasteiger partial charge is 0.393 e. The van der Waals surface area contributed by atoms with E-state index in [9.17, 15) is 5.11 Å². The van der Waals surface area contributed by atoms with Gasteiger partial charge in [0.1, 0.15) is 0 Å². The summed E-state index contributed by atoms with van der Waals surface area (Å²) in [5.74, 6) is 3.18. The molecule has 0 amide bonds. The van der Waals surface area contributed by atoms with Crippen LogP contribution in [-0.2, 0) is 4.74 Å². The van der Waals surface area contributed by atoms with Crippen LogP contribution in [0.1, 0.15) is 150 Å². The van der Waals surface area contributed by atoms with Crippen LogP contribution < -0.4 is 0 Å². The smallest absolute Gasteiger partial charge is 0.0945 e. The number of unbranched alkanes of at least 4 members (excludes halogenated alkanes) is 7. The van der Waals surface area contributed by atoms with Crippen LogP contribution in [0.3, 0.4) is 0 Å². The Bertz CT molecular complexity index is 854. The van der Waals surface area contributed by atoms with Gasteiger partial charge in [-0.05, 0) is 112 Å². The molecule has 3 saturated carbocycles. The minimum absolute atomic E-state index is 0.0720. The Kier molecular flexibility index (Phi) is 12.1. The monoisotopic (exact) mass is 552 g/mol. The average molecular weight is 553 g/mol. The summed E-state index contributed by atoms with van der Waals surface area (Å²) in [5, 5.41) is 10.8. The number of aliphatic hydroxyl groups excluding tert-OH is 1. The molecule has 0 aromatic carbocycles. The number of aliphatic hydroxyl groups is 1. The predicted molar refractivity (Wildman–Crippen MR) is 171 cm³/mol. The first-order valence-electron chi connectivity index (χ1n) is 17.7. The summed E-state index contributed by atoms with van der Waals surface area (Å²) in [6, 6.07) is 0. The lowest BCUT2D eigenvalue weighted by Gasteiger charge is -2.58. The fraction of sp³-hybridized carbons (Fsp3) is 0.842. The maximum absolute atomic E-state index is 10.8. The van der Waals surface area contributed by atoms with Gasteiger partial charge in [0.25, 0.3) is 0 Å². The van der Waals surface area contributed by atoms with E-state index in [1.165, 1.54) is 103 Å². The first kappa shape index (κ1) is 32.1. The molecule has 0 aliphatic heterocycles. The average Bonchev–Trinajstić information content (AvgIpc) is 3.24. The van der Waals surface area contributed by atoms with Crippen LogP contribution in [0.15, 0.2) is 36.0 Å². The Morgan fingerprint density at radius 2 is 1.60 bits per heavy atom. The van der Waals surface area contributed by atoms with Crippen LogP contribution in [0.2, 0.25) is 0 Å². The first-order valence-corrected chi connectivity index (χ1v) is 17.7. The van der Waals surface area contributed by atoms with Gasteiger partial charge in [-0.15, -0.1) is 0 Å². The van der Waals surface area contributed by atoms with E-state index in [4.69, 9.17) is 4.74 Å². The van der Waals surface area contributed by atoms with Crippen LogP contribution in [0, 0.1) is 34.5 Å². The third-order valence-electron chi connectivity index (χ3n) is 11.9. The summed E-state index contributed by atoms with van der Waals surface area (Å²) in [7, 11) is 0. The molecule has 0 bridgehead atoms. The van der Waals surface area contributed by atoms with E-state index in [1.54, 1.807) is 5.57 Å². The molecule has 40 heavy (non-hydrogen) atoms. The Labute approximate surface area is 248 Å². The Morgan fingerprint density at radius 1 is 0.875 bits per heavy atom. The van der Waals surface area contributed by atoms with Crippen LogP contribution >= 0.6 is 0 Å². The number of allylic oxidation sites excluding steroid dienone is 3. The highest BCUT2D eigenvalue weighted by Crippen LogP contribution is 2.65. The van der Waals surface area contributed by atoms with Gasteiger partial charge in [0.2, 0.25) is 0 Å². The van der Waals surface area contributed by atoms with E-state index in [2.05, 4.69) is 65.0 Å². The molecule has 0 aromatic rings. The van der Waals surface area contributed by atoms with Gasteiger partial charge in [0, 0.05) is 0 Å². The molecule has 3 fully saturated rings. The quantitative estimate of drug-likeness (QED) is 0.162. The van der Waals surface area contributed by atoms with Crippen molar-refractivity contribution in [3.8, 4) is 0 Å². The van der Waals surface area contributed by atoms with Crippen molar-refractivity contribution in [2.45, 2.75) is 169 Å². The molecule has 2 nitrogen and oxygen atoms in total. The lowest BCUT2D eigenvalue weighted by molar-refractivity contribution is -0.0785. The Balaban J connectivity index is 1.34. The lowest BCUT2D eigenvalue weighted by atomic mass is 9.47. The van der Waals surface area contributed by atoms with E-state index in [1.807, 2.05) is 0 Å². The molecule has 0 aromatic heterocycles. The maximum atomic E-state index is 10.8. The zero-order valence-corrected chi connectivity index (χ0v) is 27.0. The van der Waals surface area contributed by atoms with Crippen molar-refractivity contribution in [1.29, 1.82) is 0 Å². The standard InChI is InChI=1S/C38H64O2/c1-6-7-8-11-15-18-31(19-16-13-10-9-12-14-17-29(2)3)40-32-24-26-37(4)30(28-32)20-21-33-34-22-23-36(39)38(34,5)27-25-35(33)37/h15-16,18-19,28-29,31-36,39H,6-14,17,20-27H2,1-5H3/b18-15-,19-16-. The summed E-state index contributed by atoms with van der Waals surface area (Å²) in [4.78, 5) is 0. The van der Waals surface area contributed by atoms with E-state index < -0.39 is 0 Å². The van der Waals surface area contributed by atoms with Crippen molar-refractivity contribution in [2.75, 3.05) is 0 Å². The van der Waals surface area contributed by atoms with Crippen molar-refractivity contribution in [2.24, 2.45) is 34.5 Å². The predicted octanol–water partition coefficient (Wildman–Crippen LogP) is 10.8. The zero-order chi connectivity index (χ0) is 28.6. The van der Waals surface area contributed by atoms with E-state index in [0.29, 0.717) is 5.41 Å². The summed E-state index contributed by atoms with van der Waals surface area (Å²) < 4.78 is 6.82. The second-order valence-electron chi connectivity index (χ2n) is 15.1. The van der Waals surface area contributed by atoms with Crippen molar-refractivity contribution >= 4 is 0 Å². The molecule has 0 saturated heterocycles. The molecule has 4 aliphatic carbocycles. The Hall–Kier alpha value is -0.860. The first-order chi connectivity index (χ1) is 19.3. The van der Waals surface area contributed by atoms with Gasteiger partial charge in [-0.1, -0.05) is 109 Å². The van der Waals surface area contributed by atoms with Crippen LogP contribution in [-0.4, -0.2) is 23.4 Å². The normalized spacial score (nSPS) is 36.6. The number of hydrogen-bond donors (Lipinski definition) is 1. The van der Waals surface area contributed by atoms with Gasteiger partial charge in [-0.2, -0.15) is 0 Å². The molecule has 2 heteroatoms. The number of hydrogen-bond acceptors (Lipinski definition) is 2. The summed E-state index contributed by atoms with van der Waals surface area (Å²) >= 11 is 0.